The molecule has 2 unspecified atom stereocenters. The Balaban J connectivity index is 1.70. The Hall–Kier alpha value is -2.21. The zero-order chi connectivity index (χ0) is 14.3. The van der Waals surface area contributed by atoms with Crippen molar-refractivity contribution in [2.24, 2.45) is 0 Å². The summed E-state index contributed by atoms with van der Waals surface area (Å²) >= 11 is 0. The van der Waals surface area contributed by atoms with Crippen LogP contribution in [0.15, 0.2) is 24.8 Å². The van der Waals surface area contributed by atoms with Gasteiger partial charge in [0.05, 0.1) is 17.7 Å². The average molecular weight is 277 g/mol. The van der Waals surface area contributed by atoms with E-state index in [1.807, 2.05) is 12.2 Å². The number of esters is 1. The fourth-order valence-electron chi connectivity index (χ4n) is 2.64. The Bertz CT molecular complexity index is 566. The number of aromatic nitrogens is 1. The van der Waals surface area contributed by atoms with Crippen LogP contribution >= 0.6 is 0 Å². The molecule has 6 nitrogen and oxygen atoms in total. The number of fused-ring (bicyclic) bond motifs is 5. The number of rotatable bonds is 5. The van der Waals surface area contributed by atoms with Crippen molar-refractivity contribution in [3.05, 3.63) is 35.9 Å². The van der Waals surface area contributed by atoms with Crippen LogP contribution in [-0.2, 0) is 20.8 Å². The van der Waals surface area contributed by atoms with Gasteiger partial charge in [-0.05, 0) is 6.42 Å². The highest BCUT2D eigenvalue weighted by atomic mass is 16.5. The topological polar surface area (TPSA) is 80.9 Å². The molecule has 106 valence electrons. The van der Waals surface area contributed by atoms with Gasteiger partial charge in [-0.25, -0.2) is 4.79 Å². The second-order valence-corrected chi connectivity index (χ2v) is 4.71. The third-order valence-electron chi connectivity index (χ3n) is 3.54. The molecule has 0 aliphatic carbocycles. The second kappa shape index (κ2) is 4.72. The molecular formula is C14H15NO5. The van der Waals surface area contributed by atoms with Gasteiger partial charge >= 0.3 is 5.97 Å². The third-order valence-corrected chi connectivity index (χ3v) is 3.54. The van der Waals surface area contributed by atoms with Gasteiger partial charge in [-0.3, -0.25) is 4.57 Å². The summed E-state index contributed by atoms with van der Waals surface area (Å²) in [6.45, 7) is 3.86. The summed E-state index contributed by atoms with van der Waals surface area (Å²) in [5.41, 5.74) is 1.27. The number of aromatic hydroxyl groups is 2. The van der Waals surface area contributed by atoms with Gasteiger partial charge in [0, 0.05) is 12.6 Å². The molecule has 2 aliphatic rings. The lowest BCUT2D eigenvalue weighted by atomic mass is 10.0. The van der Waals surface area contributed by atoms with Gasteiger partial charge in [0.15, 0.2) is 0 Å². The van der Waals surface area contributed by atoms with Crippen LogP contribution in [0.5, 0.6) is 11.8 Å². The van der Waals surface area contributed by atoms with Crippen LogP contribution in [-0.4, -0.2) is 27.4 Å². The Kier molecular flexibility index (Phi) is 3.02. The number of hydrogen-bond donors (Lipinski definition) is 2. The fourth-order valence-corrected chi connectivity index (χ4v) is 2.64. The second-order valence-electron chi connectivity index (χ2n) is 4.71. The summed E-state index contributed by atoms with van der Waals surface area (Å²) in [6.07, 6.45) is 4.75. The Labute approximate surface area is 115 Å². The first-order valence-corrected chi connectivity index (χ1v) is 6.40. The van der Waals surface area contributed by atoms with E-state index in [0.717, 1.165) is 6.08 Å². The standard InChI is InChI=1S/C14H15NO5/c1-2-10(16)19-7-3-6-15-13(17)11-8-4-5-9(20-8)12(11)14(15)18/h2,4-5,8-9,17-18H,1,3,6-7H2. The number of carbonyl (C=O) groups is 1. The summed E-state index contributed by atoms with van der Waals surface area (Å²) in [7, 11) is 0. The molecule has 0 amide bonds. The lowest BCUT2D eigenvalue weighted by Crippen LogP contribution is -2.06. The van der Waals surface area contributed by atoms with E-state index in [4.69, 9.17) is 9.47 Å². The summed E-state index contributed by atoms with van der Waals surface area (Å²) in [5.74, 6) is -0.446. The largest absolute Gasteiger partial charge is 0.494 e. The Morgan fingerprint density at radius 1 is 1.35 bits per heavy atom. The van der Waals surface area contributed by atoms with Crippen LogP contribution in [0.1, 0.15) is 29.8 Å². The number of hydrogen-bond acceptors (Lipinski definition) is 5. The maximum atomic E-state index is 10.9. The fraction of sp³-hybridized carbons (Fsp3) is 0.357. The number of nitrogens with zero attached hydrogens (tertiary/aromatic N) is 1. The molecule has 2 aliphatic heterocycles. The first-order valence-electron chi connectivity index (χ1n) is 6.40. The van der Waals surface area contributed by atoms with Crippen molar-refractivity contribution >= 4 is 5.97 Å². The molecular weight excluding hydrogens is 262 g/mol. The molecule has 6 heteroatoms. The highest BCUT2D eigenvalue weighted by Crippen LogP contribution is 2.54. The molecule has 1 aromatic rings. The SMILES string of the molecule is C=CC(=O)OCCCn1c(O)c2c(c1O)C1C=CC2O1. The summed E-state index contributed by atoms with van der Waals surface area (Å²) in [5, 5.41) is 20.3. The van der Waals surface area contributed by atoms with E-state index in [2.05, 4.69) is 6.58 Å². The summed E-state index contributed by atoms with van der Waals surface area (Å²) in [6, 6.07) is 0. The lowest BCUT2D eigenvalue weighted by Gasteiger charge is -2.10. The van der Waals surface area contributed by atoms with Gasteiger partial charge < -0.3 is 19.7 Å². The van der Waals surface area contributed by atoms with Crippen molar-refractivity contribution in [2.45, 2.75) is 25.2 Å². The van der Waals surface area contributed by atoms with Gasteiger partial charge in [0.1, 0.15) is 12.2 Å². The van der Waals surface area contributed by atoms with Crippen molar-refractivity contribution in [2.75, 3.05) is 6.61 Å². The van der Waals surface area contributed by atoms with Crippen LogP contribution in [0, 0.1) is 0 Å². The summed E-state index contributed by atoms with van der Waals surface area (Å²) in [4.78, 5) is 10.9. The average Bonchev–Trinajstić information content (AvgIpc) is 3.11. The minimum Gasteiger partial charge on any atom is -0.494 e. The lowest BCUT2D eigenvalue weighted by molar-refractivity contribution is -0.137. The predicted molar refractivity (Wildman–Crippen MR) is 69.2 cm³/mol. The van der Waals surface area contributed by atoms with Crippen molar-refractivity contribution in [1.82, 2.24) is 4.57 Å². The van der Waals surface area contributed by atoms with E-state index in [1.165, 1.54) is 4.57 Å². The van der Waals surface area contributed by atoms with Crippen molar-refractivity contribution in [3.63, 3.8) is 0 Å². The normalized spacial score (nSPS) is 22.0. The van der Waals surface area contributed by atoms with Crippen LogP contribution in [0.4, 0.5) is 0 Å². The van der Waals surface area contributed by atoms with Gasteiger partial charge in [-0.1, -0.05) is 18.7 Å². The highest BCUT2D eigenvalue weighted by Gasteiger charge is 2.41. The molecule has 1 aromatic heterocycles. The van der Waals surface area contributed by atoms with Crippen molar-refractivity contribution < 1.29 is 24.5 Å². The smallest absolute Gasteiger partial charge is 0.330 e. The van der Waals surface area contributed by atoms with Crippen LogP contribution in [0.25, 0.3) is 0 Å². The predicted octanol–water partition coefficient (Wildman–Crippen LogP) is 1.70. The zero-order valence-corrected chi connectivity index (χ0v) is 10.8. The quantitative estimate of drug-likeness (QED) is 0.370. The van der Waals surface area contributed by atoms with Crippen LogP contribution < -0.4 is 0 Å². The zero-order valence-electron chi connectivity index (χ0n) is 10.8. The van der Waals surface area contributed by atoms with Crippen molar-refractivity contribution in [1.29, 1.82) is 0 Å². The molecule has 2 N–H and O–H groups in total. The van der Waals surface area contributed by atoms with Crippen LogP contribution in [0.2, 0.25) is 0 Å². The minimum absolute atomic E-state index is 0.0180. The maximum Gasteiger partial charge on any atom is 0.330 e. The van der Waals surface area contributed by atoms with E-state index in [1.54, 1.807) is 0 Å². The molecule has 0 fully saturated rings. The van der Waals surface area contributed by atoms with Gasteiger partial charge in [-0.15, -0.1) is 0 Å². The maximum absolute atomic E-state index is 10.9. The summed E-state index contributed by atoms with van der Waals surface area (Å²) < 4.78 is 11.8. The molecule has 3 heterocycles. The Morgan fingerprint density at radius 3 is 2.50 bits per heavy atom. The van der Waals surface area contributed by atoms with Gasteiger partial charge in [0.2, 0.25) is 11.8 Å². The van der Waals surface area contributed by atoms with E-state index >= 15 is 0 Å². The monoisotopic (exact) mass is 277 g/mol. The minimum atomic E-state index is -0.482. The molecule has 0 spiro atoms. The van der Waals surface area contributed by atoms with Crippen LogP contribution in [0.3, 0.4) is 0 Å². The van der Waals surface area contributed by atoms with E-state index < -0.39 is 5.97 Å². The highest BCUT2D eigenvalue weighted by molar-refractivity contribution is 5.81. The molecule has 0 saturated heterocycles. The van der Waals surface area contributed by atoms with Gasteiger partial charge in [-0.2, -0.15) is 0 Å². The van der Waals surface area contributed by atoms with E-state index in [9.17, 15) is 15.0 Å². The van der Waals surface area contributed by atoms with Gasteiger partial charge in [0.25, 0.3) is 0 Å². The molecule has 2 atom stereocenters. The first-order chi connectivity index (χ1) is 9.63. The Morgan fingerprint density at radius 2 is 1.95 bits per heavy atom. The van der Waals surface area contributed by atoms with Crippen molar-refractivity contribution in [3.8, 4) is 11.8 Å². The molecule has 2 bridgehead atoms. The molecule has 0 saturated carbocycles. The number of carbonyl (C=O) groups excluding carboxylic acids is 1. The van der Waals surface area contributed by atoms with E-state index in [-0.39, 0.29) is 30.6 Å². The molecule has 20 heavy (non-hydrogen) atoms. The molecule has 3 rings (SSSR count). The third kappa shape index (κ3) is 1.80. The number of ether oxygens (including phenoxy) is 2. The first kappa shape index (κ1) is 12.8. The van der Waals surface area contributed by atoms with E-state index in [0.29, 0.717) is 24.1 Å². The molecule has 0 aromatic carbocycles. The molecule has 0 radical (unpaired) electrons.